The standard InChI is InChI=1S/C18H27NO2/c1-14-8-9-18(21-3)16(11-14)13-19-10-6-4-5-7-17(19)12-15(2)20/h8-9,11,17H,4-7,10,12-13H2,1-3H3. The summed E-state index contributed by atoms with van der Waals surface area (Å²) in [7, 11) is 1.73. The number of nitrogens with zero attached hydrogens (tertiary/aromatic N) is 1. The van der Waals surface area contributed by atoms with E-state index >= 15 is 0 Å². The zero-order chi connectivity index (χ0) is 15.2. The van der Waals surface area contributed by atoms with Crippen molar-refractivity contribution in [3.8, 4) is 5.75 Å². The molecule has 1 aromatic carbocycles. The molecule has 21 heavy (non-hydrogen) atoms. The summed E-state index contributed by atoms with van der Waals surface area (Å²) < 4.78 is 5.50. The minimum atomic E-state index is 0.295. The number of Topliss-reactive ketones (excluding diaryl/α,β-unsaturated/α-hetero) is 1. The van der Waals surface area contributed by atoms with E-state index in [1.165, 1.54) is 30.4 Å². The first-order valence-electron chi connectivity index (χ1n) is 7.97. The van der Waals surface area contributed by atoms with Crippen molar-refractivity contribution >= 4 is 5.78 Å². The maximum Gasteiger partial charge on any atom is 0.131 e. The summed E-state index contributed by atoms with van der Waals surface area (Å²) in [5, 5.41) is 0. The Labute approximate surface area is 128 Å². The van der Waals surface area contributed by atoms with Crippen LogP contribution in [0.5, 0.6) is 5.75 Å². The Hall–Kier alpha value is -1.35. The Morgan fingerprint density at radius 2 is 2.14 bits per heavy atom. The van der Waals surface area contributed by atoms with Crippen molar-refractivity contribution in [3.63, 3.8) is 0 Å². The average Bonchev–Trinajstić information content (AvgIpc) is 2.64. The van der Waals surface area contributed by atoms with E-state index in [4.69, 9.17) is 4.74 Å². The number of aryl methyl sites for hydroxylation is 1. The largest absolute Gasteiger partial charge is 0.496 e. The molecule has 1 heterocycles. The summed E-state index contributed by atoms with van der Waals surface area (Å²) in [6.07, 6.45) is 5.54. The summed E-state index contributed by atoms with van der Waals surface area (Å²) in [4.78, 5) is 14.0. The van der Waals surface area contributed by atoms with E-state index in [1.807, 2.05) is 6.07 Å². The van der Waals surface area contributed by atoms with Crippen LogP contribution >= 0.6 is 0 Å². The molecule has 0 aromatic heterocycles. The third kappa shape index (κ3) is 4.57. The lowest BCUT2D eigenvalue weighted by Crippen LogP contribution is -2.35. The van der Waals surface area contributed by atoms with Crippen molar-refractivity contribution in [2.75, 3.05) is 13.7 Å². The minimum absolute atomic E-state index is 0.295. The van der Waals surface area contributed by atoms with Crippen LogP contribution in [0, 0.1) is 6.92 Å². The number of hydrogen-bond donors (Lipinski definition) is 0. The topological polar surface area (TPSA) is 29.5 Å². The Morgan fingerprint density at radius 1 is 1.33 bits per heavy atom. The smallest absolute Gasteiger partial charge is 0.131 e. The van der Waals surface area contributed by atoms with Gasteiger partial charge < -0.3 is 4.74 Å². The maximum atomic E-state index is 11.5. The fraction of sp³-hybridized carbons (Fsp3) is 0.611. The van der Waals surface area contributed by atoms with Crippen molar-refractivity contribution < 1.29 is 9.53 Å². The number of benzene rings is 1. The Bertz CT molecular complexity index is 484. The van der Waals surface area contributed by atoms with E-state index < -0.39 is 0 Å². The Morgan fingerprint density at radius 3 is 2.86 bits per heavy atom. The number of hydrogen-bond acceptors (Lipinski definition) is 3. The highest BCUT2D eigenvalue weighted by molar-refractivity contribution is 5.76. The number of carbonyl (C=O) groups is 1. The average molecular weight is 289 g/mol. The number of likely N-dealkylation sites (tertiary alicyclic amines) is 1. The molecule has 3 nitrogen and oxygen atoms in total. The number of methoxy groups -OCH3 is 1. The number of ether oxygens (including phenoxy) is 1. The molecule has 1 aliphatic heterocycles. The van der Waals surface area contributed by atoms with Crippen molar-refractivity contribution in [3.05, 3.63) is 29.3 Å². The van der Waals surface area contributed by atoms with Gasteiger partial charge in [-0.05, 0) is 39.3 Å². The minimum Gasteiger partial charge on any atom is -0.496 e. The normalized spacial score (nSPS) is 20.0. The lowest BCUT2D eigenvalue weighted by Gasteiger charge is -2.30. The van der Waals surface area contributed by atoms with Gasteiger partial charge in [0.1, 0.15) is 11.5 Å². The van der Waals surface area contributed by atoms with Gasteiger partial charge in [-0.2, -0.15) is 0 Å². The van der Waals surface area contributed by atoms with E-state index in [0.717, 1.165) is 25.3 Å². The molecule has 0 N–H and O–H groups in total. The number of carbonyl (C=O) groups excluding carboxylic acids is 1. The van der Waals surface area contributed by atoms with Crippen LogP contribution in [-0.4, -0.2) is 30.4 Å². The maximum absolute atomic E-state index is 11.5. The molecule has 3 heteroatoms. The molecule has 0 bridgehead atoms. The summed E-state index contributed by atoms with van der Waals surface area (Å²) in [6.45, 7) is 5.77. The molecule has 0 saturated carbocycles. The Kier molecular flexibility index (Phi) is 5.80. The highest BCUT2D eigenvalue weighted by atomic mass is 16.5. The zero-order valence-corrected chi connectivity index (χ0v) is 13.5. The van der Waals surface area contributed by atoms with E-state index in [9.17, 15) is 4.79 Å². The fourth-order valence-corrected chi connectivity index (χ4v) is 3.26. The molecule has 1 fully saturated rings. The van der Waals surface area contributed by atoms with Crippen molar-refractivity contribution in [2.24, 2.45) is 0 Å². The van der Waals surface area contributed by atoms with Gasteiger partial charge in [-0.3, -0.25) is 9.69 Å². The third-order valence-corrected chi connectivity index (χ3v) is 4.33. The predicted molar refractivity (Wildman–Crippen MR) is 85.7 cm³/mol. The molecule has 1 atom stereocenters. The quantitative estimate of drug-likeness (QED) is 0.827. The molecule has 116 valence electrons. The van der Waals surface area contributed by atoms with Crippen molar-refractivity contribution in [2.45, 2.75) is 58.5 Å². The van der Waals surface area contributed by atoms with Gasteiger partial charge in [-0.15, -0.1) is 0 Å². The molecular weight excluding hydrogens is 262 g/mol. The molecule has 0 spiro atoms. The lowest BCUT2D eigenvalue weighted by atomic mass is 10.0. The van der Waals surface area contributed by atoms with Gasteiger partial charge in [-0.25, -0.2) is 0 Å². The molecular formula is C18H27NO2. The van der Waals surface area contributed by atoms with E-state index in [1.54, 1.807) is 14.0 Å². The first-order valence-corrected chi connectivity index (χ1v) is 7.97. The molecule has 1 aromatic rings. The SMILES string of the molecule is COc1ccc(C)cc1CN1CCCCCC1CC(C)=O. The Balaban J connectivity index is 2.17. The first-order chi connectivity index (χ1) is 10.1. The van der Waals surface area contributed by atoms with Crippen LogP contribution in [0.25, 0.3) is 0 Å². The van der Waals surface area contributed by atoms with Crippen LogP contribution in [0.2, 0.25) is 0 Å². The third-order valence-electron chi connectivity index (χ3n) is 4.33. The van der Waals surface area contributed by atoms with Crippen LogP contribution in [0.15, 0.2) is 18.2 Å². The monoisotopic (exact) mass is 289 g/mol. The predicted octanol–water partition coefficient (Wildman–Crippen LogP) is 3.73. The second-order valence-electron chi connectivity index (χ2n) is 6.20. The van der Waals surface area contributed by atoms with Gasteiger partial charge in [-0.1, -0.05) is 30.5 Å². The van der Waals surface area contributed by atoms with Gasteiger partial charge in [0, 0.05) is 24.6 Å². The summed E-state index contributed by atoms with van der Waals surface area (Å²) in [5.74, 6) is 1.24. The lowest BCUT2D eigenvalue weighted by molar-refractivity contribution is -0.118. The molecule has 0 radical (unpaired) electrons. The van der Waals surface area contributed by atoms with Gasteiger partial charge >= 0.3 is 0 Å². The van der Waals surface area contributed by atoms with Crippen LogP contribution in [0.1, 0.15) is 50.2 Å². The fourth-order valence-electron chi connectivity index (χ4n) is 3.26. The molecule has 0 amide bonds. The molecule has 1 unspecified atom stereocenters. The van der Waals surface area contributed by atoms with Crippen LogP contribution in [0.3, 0.4) is 0 Å². The second kappa shape index (κ2) is 7.60. The van der Waals surface area contributed by atoms with Crippen LogP contribution in [0.4, 0.5) is 0 Å². The second-order valence-corrected chi connectivity index (χ2v) is 6.20. The van der Waals surface area contributed by atoms with Crippen LogP contribution in [-0.2, 0) is 11.3 Å². The molecule has 1 saturated heterocycles. The van der Waals surface area contributed by atoms with Crippen molar-refractivity contribution in [1.29, 1.82) is 0 Å². The highest BCUT2D eigenvalue weighted by Crippen LogP contribution is 2.26. The van der Waals surface area contributed by atoms with Gasteiger partial charge in [0.2, 0.25) is 0 Å². The summed E-state index contributed by atoms with van der Waals surface area (Å²) in [6, 6.07) is 6.71. The van der Waals surface area contributed by atoms with E-state index in [0.29, 0.717) is 18.2 Å². The van der Waals surface area contributed by atoms with Gasteiger partial charge in [0.25, 0.3) is 0 Å². The first kappa shape index (κ1) is 16.0. The van der Waals surface area contributed by atoms with E-state index in [2.05, 4.69) is 24.0 Å². The van der Waals surface area contributed by atoms with Crippen LogP contribution < -0.4 is 4.74 Å². The number of ketones is 1. The zero-order valence-electron chi connectivity index (χ0n) is 13.5. The summed E-state index contributed by atoms with van der Waals surface area (Å²) >= 11 is 0. The molecule has 1 aliphatic rings. The van der Waals surface area contributed by atoms with Gasteiger partial charge in [0.15, 0.2) is 0 Å². The molecule has 0 aliphatic carbocycles. The van der Waals surface area contributed by atoms with Crippen molar-refractivity contribution in [1.82, 2.24) is 4.90 Å². The number of rotatable bonds is 5. The van der Waals surface area contributed by atoms with E-state index in [-0.39, 0.29) is 0 Å². The molecule has 2 rings (SSSR count). The summed E-state index contributed by atoms with van der Waals surface area (Å²) in [5.41, 5.74) is 2.48. The highest BCUT2D eigenvalue weighted by Gasteiger charge is 2.23. The van der Waals surface area contributed by atoms with Gasteiger partial charge in [0.05, 0.1) is 7.11 Å².